The minimum absolute atomic E-state index is 0. The zero-order valence-electron chi connectivity index (χ0n) is 20.6. The topological polar surface area (TPSA) is 191 Å². The van der Waals surface area contributed by atoms with Crippen molar-refractivity contribution in [3.05, 3.63) is 52.9 Å². The molecule has 2 atom stereocenters. The van der Waals surface area contributed by atoms with Crippen LogP contribution in [-0.4, -0.2) is 96.8 Å². The van der Waals surface area contributed by atoms with Crippen LogP contribution in [-0.2, 0) is 30.6 Å². The van der Waals surface area contributed by atoms with Gasteiger partial charge in [-0.2, -0.15) is 0 Å². The Morgan fingerprint density at radius 3 is 2.61 bits per heavy atom. The molecule has 4 rings (SSSR count). The molecule has 4 N–H and O–H groups in total. The quantitative estimate of drug-likeness (QED) is 0.103. The molecule has 0 aliphatic carbocycles. The molecule has 0 aromatic carbocycles. The van der Waals surface area contributed by atoms with Crippen LogP contribution in [0.4, 0.5) is 5.13 Å². The van der Waals surface area contributed by atoms with E-state index in [9.17, 15) is 29.4 Å². The molecule has 1 fully saturated rings. The van der Waals surface area contributed by atoms with E-state index >= 15 is 0 Å². The van der Waals surface area contributed by atoms with Gasteiger partial charge in [-0.05, 0) is 13.8 Å². The Morgan fingerprint density at radius 1 is 1.34 bits per heavy atom. The fourth-order valence-electron chi connectivity index (χ4n) is 3.56. The average molecular weight is 570 g/mol. The number of hydrogen-bond acceptors (Lipinski definition) is 11. The number of nitrogens with zero attached hydrogens (tertiary/aromatic N) is 4. The van der Waals surface area contributed by atoms with Crippen LogP contribution < -0.4 is 20.7 Å². The van der Waals surface area contributed by atoms with Crippen LogP contribution in [0.1, 0.15) is 19.5 Å². The number of oxime groups is 1. The van der Waals surface area contributed by atoms with Gasteiger partial charge in [0.25, 0.3) is 11.8 Å². The van der Waals surface area contributed by atoms with E-state index in [1.54, 1.807) is 29.1 Å². The van der Waals surface area contributed by atoms with Crippen molar-refractivity contribution >= 4 is 87.3 Å². The third-order valence-electron chi connectivity index (χ3n) is 5.54. The predicted molar refractivity (Wildman–Crippen MR) is 135 cm³/mol. The van der Waals surface area contributed by atoms with E-state index in [1.807, 2.05) is 6.07 Å². The van der Waals surface area contributed by atoms with Crippen LogP contribution in [0.25, 0.3) is 0 Å². The van der Waals surface area contributed by atoms with Gasteiger partial charge >= 0.3 is 5.97 Å². The number of hydrogen-bond donors (Lipinski definition) is 3. The number of thiazole rings is 1. The zero-order chi connectivity index (χ0) is 26.9. The Kier molecular flexibility index (Phi) is 9.20. The standard InChI is InChI=1S/C22H22N6O7S2.Na/c1-22(2,20(33)34)35-26-13(12-10-37-21(23)24-12)16(29)25-14-17(30)28-15(19(31)32)11(9-36-18(14)28)8-27-6-4-3-5-7-27;/h3-7,10,14,18H,8-9H2,1-2H3,(H4-,23,24,25,29,31,32,33,34);/b26-13-;/t14-,18-;/m1./s1. The Hall–Kier alpha value is -2.98. The van der Waals surface area contributed by atoms with Crippen LogP contribution >= 0.6 is 23.1 Å². The minimum Gasteiger partial charge on any atom is -0.543 e. The number of rotatable bonds is 9. The van der Waals surface area contributed by atoms with E-state index in [4.69, 9.17) is 10.6 Å². The number of nitrogens with two attached hydrogens (primary N) is 1. The van der Waals surface area contributed by atoms with Gasteiger partial charge in [0.2, 0.25) is 5.60 Å². The van der Waals surface area contributed by atoms with E-state index < -0.39 is 40.8 Å². The molecule has 0 spiro atoms. The van der Waals surface area contributed by atoms with Gasteiger partial charge in [0.1, 0.15) is 17.1 Å². The number of aromatic nitrogens is 2. The largest absolute Gasteiger partial charge is 0.543 e. The maximum absolute atomic E-state index is 13.1. The van der Waals surface area contributed by atoms with Gasteiger partial charge in [-0.15, -0.1) is 23.1 Å². The van der Waals surface area contributed by atoms with Crippen LogP contribution in [0.3, 0.4) is 0 Å². The van der Waals surface area contributed by atoms with Gasteiger partial charge in [-0.1, -0.05) is 11.2 Å². The first-order valence-electron chi connectivity index (χ1n) is 10.8. The molecule has 0 unspecified atom stereocenters. The number of aliphatic carboxylic acids is 2. The van der Waals surface area contributed by atoms with E-state index in [-0.39, 0.29) is 58.3 Å². The summed E-state index contributed by atoms with van der Waals surface area (Å²) >= 11 is 2.32. The number of nitrogen functional groups attached to an aromatic ring is 1. The number of β-lactam (4-membered cyclic amide) rings is 1. The summed E-state index contributed by atoms with van der Waals surface area (Å²) in [5.74, 6) is -4.01. The number of pyridine rings is 1. The van der Waals surface area contributed by atoms with E-state index in [2.05, 4.69) is 15.5 Å². The molecule has 2 aromatic rings. The number of nitrogens with one attached hydrogen (secondary N) is 1. The van der Waals surface area contributed by atoms with Gasteiger partial charge in [0.05, 0.1) is 11.7 Å². The molecule has 1 radical (unpaired) electrons. The molecule has 4 heterocycles. The second-order valence-electron chi connectivity index (χ2n) is 8.57. The van der Waals surface area contributed by atoms with Gasteiger partial charge in [-0.25, -0.2) is 14.3 Å². The van der Waals surface area contributed by atoms with Gasteiger partial charge in [0, 0.05) is 58.4 Å². The summed E-state index contributed by atoms with van der Waals surface area (Å²) in [6.45, 7) is 2.74. The molecular weight excluding hydrogens is 547 g/mol. The molecule has 2 amide bonds. The summed E-state index contributed by atoms with van der Waals surface area (Å²) < 4.78 is 1.78. The molecule has 2 aromatic heterocycles. The van der Waals surface area contributed by atoms with Crippen molar-refractivity contribution in [2.75, 3.05) is 11.5 Å². The van der Waals surface area contributed by atoms with Crippen molar-refractivity contribution < 1.29 is 38.8 Å². The van der Waals surface area contributed by atoms with Crippen LogP contribution in [0.5, 0.6) is 0 Å². The summed E-state index contributed by atoms with van der Waals surface area (Å²) in [5.41, 5.74) is 3.83. The molecular formula is C22H22N6NaO7S2. The Labute approximate surface area is 247 Å². The fraction of sp³-hybridized carbons (Fsp3) is 0.318. The number of carboxylic acids is 2. The van der Waals surface area contributed by atoms with Gasteiger partial charge in [-0.3, -0.25) is 14.5 Å². The molecule has 1 saturated heterocycles. The summed E-state index contributed by atoms with van der Waals surface area (Å²) in [7, 11) is 0. The minimum atomic E-state index is -1.75. The van der Waals surface area contributed by atoms with Crippen LogP contribution in [0, 0.1) is 0 Å². The third kappa shape index (κ3) is 6.02. The Morgan fingerprint density at radius 2 is 2.03 bits per heavy atom. The van der Waals surface area contributed by atoms with Gasteiger partial charge in [0.15, 0.2) is 29.8 Å². The second-order valence-corrected chi connectivity index (χ2v) is 10.6. The predicted octanol–water partition coefficient (Wildman–Crippen LogP) is -1.68. The van der Waals surface area contributed by atoms with Gasteiger partial charge < -0.3 is 30.9 Å². The first-order valence-corrected chi connectivity index (χ1v) is 12.8. The van der Waals surface area contributed by atoms with E-state index in [0.29, 0.717) is 11.3 Å². The third-order valence-corrected chi connectivity index (χ3v) is 7.55. The summed E-state index contributed by atoms with van der Waals surface area (Å²) in [5, 5.41) is 28.4. The number of carbonyl (C=O) groups is 4. The van der Waals surface area contributed by atoms with Crippen molar-refractivity contribution in [1.29, 1.82) is 0 Å². The van der Waals surface area contributed by atoms with Crippen molar-refractivity contribution in [3.8, 4) is 0 Å². The number of carboxylic acid groups (broad SMARTS) is 2. The Bertz CT molecular complexity index is 1330. The maximum Gasteiger partial charge on any atom is 0.350 e. The van der Waals surface area contributed by atoms with E-state index in [1.165, 1.54) is 31.0 Å². The fourth-order valence-corrected chi connectivity index (χ4v) is 5.45. The number of fused-ring (bicyclic) bond motifs is 1. The normalized spacial score (nSPS) is 19.2. The average Bonchev–Trinajstić information content (AvgIpc) is 3.28. The number of anilines is 1. The molecule has 0 saturated carbocycles. The van der Waals surface area contributed by atoms with Crippen LogP contribution in [0.2, 0.25) is 0 Å². The molecule has 2 aliphatic rings. The molecule has 0 bridgehead atoms. The smallest absolute Gasteiger partial charge is 0.350 e. The Balaban J connectivity index is 0.00000400. The second kappa shape index (κ2) is 11.8. The first kappa shape index (κ1) is 29.6. The van der Waals surface area contributed by atoms with Crippen LogP contribution in [0.15, 0.2) is 52.4 Å². The monoisotopic (exact) mass is 569 g/mol. The zero-order valence-corrected chi connectivity index (χ0v) is 24.2. The first-order chi connectivity index (χ1) is 17.5. The number of amides is 2. The molecule has 195 valence electrons. The summed E-state index contributed by atoms with van der Waals surface area (Å²) in [4.78, 5) is 59.6. The van der Waals surface area contributed by atoms with Crippen molar-refractivity contribution in [2.45, 2.75) is 37.4 Å². The maximum atomic E-state index is 13.1. The SMILES string of the molecule is CC(C)(O/N=C(\C(=O)N[C@@H]1C(=O)N2C(C(=O)[O-])=C(C[n+]3ccccc3)CS[C@H]12)c1csc(N)n1)C(=O)O.[Na]. The summed E-state index contributed by atoms with van der Waals surface area (Å²) in [6, 6.07) is 4.36. The molecule has 38 heavy (non-hydrogen) atoms. The number of thioether (sulfide) groups is 1. The number of carbonyl (C=O) groups excluding carboxylic acids is 3. The van der Waals surface area contributed by atoms with Crippen molar-refractivity contribution in [3.63, 3.8) is 0 Å². The van der Waals surface area contributed by atoms with Crippen molar-refractivity contribution in [2.24, 2.45) is 5.16 Å². The van der Waals surface area contributed by atoms with Crippen molar-refractivity contribution in [1.82, 2.24) is 15.2 Å². The molecule has 13 nitrogen and oxygen atoms in total. The molecule has 16 heteroatoms. The molecule has 2 aliphatic heterocycles. The van der Waals surface area contributed by atoms with E-state index in [0.717, 1.165) is 16.2 Å². The summed E-state index contributed by atoms with van der Waals surface area (Å²) in [6.07, 6.45) is 3.55.